The average Bonchev–Trinajstić information content (AvgIpc) is 2.92. The number of fused-ring (bicyclic) bond motifs is 1. The van der Waals surface area contributed by atoms with Crippen molar-refractivity contribution in [1.82, 2.24) is 4.98 Å². The lowest BCUT2D eigenvalue weighted by atomic mass is 10.0. The number of benzene rings is 2. The van der Waals surface area contributed by atoms with Gasteiger partial charge in [-0.25, -0.2) is 0 Å². The number of hydrogen-bond donors (Lipinski definition) is 1. The number of nitro groups is 1. The standard InChI is InChI=1S/C15H12N2O2.C2H3N/c18-17(19)15(11-6-2-1-3-7-11)14-10-12-8-4-5-9-13(12)16-14;1-2-3/h1-10,15-16H;1H3. The Bertz CT molecular complexity index is 770. The molecule has 0 saturated heterocycles. The lowest BCUT2D eigenvalue weighted by Gasteiger charge is -2.07. The van der Waals surface area contributed by atoms with Gasteiger partial charge in [0.1, 0.15) is 0 Å². The van der Waals surface area contributed by atoms with Crippen LogP contribution in [-0.4, -0.2) is 9.91 Å². The lowest BCUT2D eigenvalue weighted by Crippen LogP contribution is -2.12. The summed E-state index contributed by atoms with van der Waals surface area (Å²) >= 11 is 0. The minimum atomic E-state index is -0.853. The zero-order valence-electron chi connectivity index (χ0n) is 12.1. The second-order valence-electron chi connectivity index (χ2n) is 4.63. The summed E-state index contributed by atoms with van der Waals surface area (Å²) in [5.74, 6) is 0. The van der Waals surface area contributed by atoms with Gasteiger partial charge >= 0.3 is 0 Å². The highest BCUT2D eigenvalue weighted by Gasteiger charge is 2.26. The molecule has 3 rings (SSSR count). The first-order valence-electron chi connectivity index (χ1n) is 6.74. The van der Waals surface area contributed by atoms with Gasteiger partial charge in [-0.2, -0.15) is 5.26 Å². The molecule has 5 nitrogen and oxygen atoms in total. The monoisotopic (exact) mass is 293 g/mol. The van der Waals surface area contributed by atoms with Gasteiger partial charge in [0.15, 0.2) is 0 Å². The second kappa shape index (κ2) is 7.04. The summed E-state index contributed by atoms with van der Waals surface area (Å²) in [6, 6.07) is 19.5. The first-order chi connectivity index (χ1) is 10.7. The van der Waals surface area contributed by atoms with Crippen molar-refractivity contribution in [2.45, 2.75) is 13.0 Å². The normalized spacial score (nSPS) is 11.1. The fourth-order valence-corrected chi connectivity index (χ4v) is 2.29. The first kappa shape index (κ1) is 15.3. The van der Waals surface area contributed by atoms with Crippen LogP contribution in [0.5, 0.6) is 0 Å². The van der Waals surface area contributed by atoms with E-state index < -0.39 is 6.04 Å². The Morgan fingerprint density at radius 1 is 1.14 bits per heavy atom. The van der Waals surface area contributed by atoms with Gasteiger partial charge < -0.3 is 4.98 Å². The molecule has 1 N–H and O–H groups in total. The van der Waals surface area contributed by atoms with Crippen molar-refractivity contribution in [3.05, 3.63) is 82.0 Å². The van der Waals surface area contributed by atoms with Gasteiger partial charge in [-0.15, -0.1) is 0 Å². The number of nitriles is 1. The Morgan fingerprint density at radius 2 is 1.73 bits per heavy atom. The second-order valence-corrected chi connectivity index (χ2v) is 4.63. The van der Waals surface area contributed by atoms with E-state index in [0.29, 0.717) is 11.3 Å². The molecule has 2 aromatic carbocycles. The van der Waals surface area contributed by atoms with Gasteiger partial charge in [-0.3, -0.25) is 10.1 Å². The molecule has 0 aliphatic heterocycles. The highest BCUT2D eigenvalue weighted by Crippen LogP contribution is 2.27. The Hall–Kier alpha value is -3.13. The van der Waals surface area contributed by atoms with Gasteiger partial charge in [0, 0.05) is 22.9 Å². The molecule has 0 bridgehead atoms. The van der Waals surface area contributed by atoms with Crippen LogP contribution in [0.2, 0.25) is 0 Å². The maximum absolute atomic E-state index is 11.4. The fraction of sp³-hybridized carbons (Fsp3) is 0.118. The molecular weight excluding hydrogens is 278 g/mol. The Kier molecular flexibility index (Phi) is 4.89. The van der Waals surface area contributed by atoms with Crippen molar-refractivity contribution in [2.75, 3.05) is 0 Å². The number of hydrogen-bond acceptors (Lipinski definition) is 3. The summed E-state index contributed by atoms with van der Waals surface area (Å²) in [4.78, 5) is 14.2. The summed E-state index contributed by atoms with van der Waals surface area (Å²) in [5.41, 5.74) is 2.21. The Morgan fingerprint density at radius 3 is 2.32 bits per heavy atom. The third-order valence-electron chi connectivity index (χ3n) is 3.17. The van der Waals surface area contributed by atoms with Crippen molar-refractivity contribution in [1.29, 1.82) is 5.26 Å². The first-order valence-corrected chi connectivity index (χ1v) is 6.74. The van der Waals surface area contributed by atoms with Gasteiger partial charge in [0.2, 0.25) is 0 Å². The van der Waals surface area contributed by atoms with Crippen LogP contribution in [0.3, 0.4) is 0 Å². The number of nitrogens with one attached hydrogen (secondary N) is 1. The van der Waals surface area contributed by atoms with Gasteiger partial charge in [-0.1, -0.05) is 48.5 Å². The molecule has 0 spiro atoms. The van der Waals surface area contributed by atoms with Gasteiger partial charge in [-0.05, 0) is 17.5 Å². The number of rotatable bonds is 3. The van der Waals surface area contributed by atoms with Crippen LogP contribution in [-0.2, 0) is 0 Å². The molecule has 0 radical (unpaired) electrons. The predicted molar refractivity (Wildman–Crippen MR) is 84.9 cm³/mol. The molecule has 0 saturated carbocycles. The van der Waals surface area contributed by atoms with Crippen molar-refractivity contribution >= 4 is 10.9 Å². The minimum Gasteiger partial charge on any atom is -0.352 e. The Balaban J connectivity index is 0.000000545. The van der Waals surface area contributed by atoms with E-state index in [4.69, 9.17) is 5.26 Å². The van der Waals surface area contributed by atoms with Crippen LogP contribution in [0.4, 0.5) is 0 Å². The van der Waals surface area contributed by atoms with Crippen LogP contribution in [0.25, 0.3) is 10.9 Å². The van der Waals surface area contributed by atoms with Crippen molar-refractivity contribution < 1.29 is 4.92 Å². The van der Waals surface area contributed by atoms with Gasteiger partial charge in [0.05, 0.1) is 11.8 Å². The van der Waals surface area contributed by atoms with E-state index in [9.17, 15) is 10.1 Å². The molecule has 110 valence electrons. The number of para-hydroxylation sites is 1. The quantitative estimate of drug-likeness (QED) is 0.583. The summed E-state index contributed by atoms with van der Waals surface area (Å²) in [6.45, 7) is 1.43. The fourth-order valence-electron chi connectivity index (χ4n) is 2.29. The average molecular weight is 293 g/mol. The molecule has 1 atom stereocenters. The van der Waals surface area contributed by atoms with Gasteiger partial charge in [0.25, 0.3) is 6.04 Å². The van der Waals surface area contributed by atoms with E-state index in [1.165, 1.54) is 6.92 Å². The molecule has 3 aromatic rings. The van der Waals surface area contributed by atoms with Crippen LogP contribution in [0.1, 0.15) is 24.2 Å². The van der Waals surface area contributed by atoms with Crippen molar-refractivity contribution in [3.8, 4) is 6.07 Å². The van der Waals surface area contributed by atoms with Crippen LogP contribution >= 0.6 is 0 Å². The van der Waals surface area contributed by atoms with E-state index in [2.05, 4.69) is 4.98 Å². The molecule has 0 aliphatic rings. The highest BCUT2D eigenvalue weighted by atomic mass is 16.6. The summed E-state index contributed by atoms with van der Waals surface area (Å²) in [7, 11) is 0. The number of aromatic nitrogens is 1. The summed E-state index contributed by atoms with van der Waals surface area (Å²) < 4.78 is 0. The van der Waals surface area contributed by atoms with E-state index in [-0.39, 0.29) is 4.92 Å². The number of aromatic amines is 1. The summed E-state index contributed by atoms with van der Waals surface area (Å²) in [6.07, 6.45) is 0. The maximum atomic E-state index is 11.4. The molecule has 0 amide bonds. The van der Waals surface area contributed by atoms with E-state index in [1.54, 1.807) is 18.2 Å². The smallest absolute Gasteiger partial charge is 0.277 e. The Labute approximate surface area is 128 Å². The SMILES string of the molecule is CC#N.O=[N+]([O-])C(c1ccccc1)c1cc2ccccc2[nH]1. The van der Waals surface area contributed by atoms with E-state index in [1.807, 2.05) is 48.5 Å². The molecular formula is C17H15N3O2. The van der Waals surface area contributed by atoms with Crippen molar-refractivity contribution in [3.63, 3.8) is 0 Å². The number of nitrogens with zero attached hydrogens (tertiary/aromatic N) is 2. The summed E-state index contributed by atoms with van der Waals surface area (Å²) in [5, 5.41) is 19.7. The lowest BCUT2D eigenvalue weighted by molar-refractivity contribution is -0.518. The molecule has 1 heterocycles. The minimum absolute atomic E-state index is 0.264. The highest BCUT2D eigenvalue weighted by molar-refractivity contribution is 5.80. The molecule has 1 unspecified atom stereocenters. The third-order valence-corrected chi connectivity index (χ3v) is 3.17. The molecule has 22 heavy (non-hydrogen) atoms. The molecule has 1 aromatic heterocycles. The van der Waals surface area contributed by atoms with Crippen LogP contribution < -0.4 is 0 Å². The van der Waals surface area contributed by atoms with E-state index >= 15 is 0 Å². The predicted octanol–water partition coefficient (Wildman–Crippen LogP) is 4.06. The third kappa shape index (κ3) is 3.30. The zero-order valence-corrected chi connectivity index (χ0v) is 12.1. The zero-order chi connectivity index (χ0) is 15.9. The van der Waals surface area contributed by atoms with Crippen LogP contribution in [0, 0.1) is 21.4 Å². The van der Waals surface area contributed by atoms with E-state index in [0.717, 1.165) is 10.9 Å². The van der Waals surface area contributed by atoms with Crippen molar-refractivity contribution in [2.24, 2.45) is 0 Å². The maximum Gasteiger partial charge on any atom is 0.277 e. The van der Waals surface area contributed by atoms with Crippen LogP contribution in [0.15, 0.2) is 60.7 Å². The molecule has 0 fully saturated rings. The number of H-pyrrole nitrogens is 1. The molecule has 0 aliphatic carbocycles. The molecule has 5 heteroatoms. The topological polar surface area (TPSA) is 82.7 Å². The largest absolute Gasteiger partial charge is 0.352 e.